The monoisotopic (exact) mass is 444 g/mol. The van der Waals surface area contributed by atoms with Crippen molar-refractivity contribution in [3.8, 4) is 0 Å². The number of hydrogen-bond acceptors (Lipinski definition) is 7. The van der Waals surface area contributed by atoms with Gasteiger partial charge in [-0.1, -0.05) is 12.1 Å². The quantitative estimate of drug-likeness (QED) is 0.593. The largest absolute Gasteiger partial charge is 0.416 e. The number of piperidine rings is 1. The fraction of sp³-hybridized carbons (Fsp3) is 0.409. The maximum atomic E-state index is 13.3. The van der Waals surface area contributed by atoms with Gasteiger partial charge in [0, 0.05) is 36.5 Å². The fourth-order valence-electron chi connectivity index (χ4n) is 4.51. The molecule has 3 aliphatic rings. The van der Waals surface area contributed by atoms with Crippen molar-refractivity contribution in [2.24, 2.45) is 5.73 Å². The van der Waals surface area contributed by atoms with Gasteiger partial charge in [-0.3, -0.25) is 0 Å². The Balaban J connectivity index is 1.49. The molecule has 0 radical (unpaired) electrons. The van der Waals surface area contributed by atoms with Crippen LogP contribution < -0.4 is 16.0 Å². The van der Waals surface area contributed by atoms with Crippen molar-refractivity contribution in [3.63, 3.8) is 0 Å². The first-order valence-electron chi connectivity index (χ1n) is 10.4. The molecule has 2 aromatic heterocycles. The summed E-state index contributed by atoms with van der Waals surface area (Å²) in [4.78, 5) is 6.77. The number of ether oxygens (including phenoxy) is 1. The summed E-state index contributed by atoms with van der Waals surface area (Å²) in [6.07, 6.45) is -2.05. The van der Waals surface area contributed by atoms with Crippen molar-refractivity contribution in [2.75, 3.05) is 23.3 Å². The minimum Gasteiger partial charge on any atom is -0.371 e. The molecule has 3 saturated heterocycles. The van der Waals surface area contributed by atoms with E-state index in [0.29, 0.717) is 17.1 Å². The Morgan fingerprint density at radius 2 is 1.88 bits per heavy atom. The number of morpholine rings is 1. The SMILES string of the molecule is Cc1c([C@@H](N)Nc2nnc(C)c3cnc(N4CC5CC(C4)O5)cc23)cccc1C(F)(F)F. The lowest BCUT2D eigenvalue weighted by Crippen LogP contribution is -2.57. The number of benzene rings is 1. The van der Waals surface area contributed by atoms with Gasteiger partial charge in [-0.25, -0.2) is 4.98 Å². The lowest BCUT2D eigenvalue weighted by atomic mass is 9.98. The molecule has 168 valence electrons. The van der Waals surface area contributed by atoms with Crippen LogP contribution in [0.2, 0.25) is 0 Å². The van der Waals surface area contributed by atoms with E-state index in [1.165, 1.54) is 13.0 Å². The van der Waals surface area contributed by atoms with Crippen molar-refractivity contribution < 1.29 is 17.9 Å². The molecule has 3 N–H and O–H groups in total. The van der Waals surface area contributed by atoms with E-state index in [1.54, 1.807) is 12.3 Å². The number of halogens is 3. The predicted octanol–water partition coefficient (Wildman–Crippen LogP) is 3.71. The molecular weight excluding hydrogens is 421 g/mol. The van der Waals surface area contributed by atoms with Gasteiger partial charge in [0.25, 0.3) is 0 Å². The van der Waals surface area contributed by atoms with Gasteiger partial charge in [0.05, 0.1) is 23.5 Å². The van der Waals surface area contributed by atoms with Crippen LogP contribution in [0, 0.1) is 13.8 Å². The highest BCUT2D eigenvalue weighted by Gasteiger charge is 2.39. The van der Waals surface area contributed by atoms with Crippen molar-refractivity contribution in [1.82, 2.24) is 15.2 Å². The smallest absolute Gasteiger partial charge is 0.371 e. The molecule has 0 amide bonds. The van der Waals surface area contributed by atoms with E-state index in [1.807, 2.05) is 13.0 Å². The van der Waals surface area contributed by atoms with Crippen LogP contribution in [0.1, 0.15) is 35.0 Å². The summed E-state index contributed by atoms with van der Waals surface area (Å²) in [5.41, 5.74) is 6.72. The molecule has 3 fully saturated rings. The Bertz CT molecular complexity index is 1170. The minimum absolute atomic E-state index is 0.0827. The van der Waals surface area contributed by atoms with Gasteiger partial charge < -0.3 is 20.7 Å². The number of rotatable bonds is 4. The molecule has 0 saturated carbocycles. The molecule has 3 aromatic rings. The highest BCUT2D eigenvalue weighted by molar-refractivity contribution is 5.94. The molecule has 2 unspecified atom stereocenters. The molecule has 10 heteroatoms. The Morgan fingerprint density at radius 1 is 1.16 bits per heavy atom. The molecule has 32 heavy (non-hydrogen) atoms. The molecule has 5 heterocycles. The van der Waals surface area contributed by atoms with Gasteiger partial charge in [-0.15, -0.1) is 5.10 Å². The number of aryl methyl sites for hydroxylation is 1. The number of nitrogens with two attached hydrogens (primary N) is 1. The van der Waals surface area contributed by atoms with Gasteiger partial charge in [0.15, 0.2) is 5.82 Å². The summed E-state index contributed by atoms with van der Waals surface area (Å²) < 4.78 is 45.7. The number of nitrogens with zero attached hydrogens (tertiary/aromatic N) is 4. The second-order valence-corrected chi connectivity index (χ2v) is 8.38. The molecule has 0 aliphatic carbocycles. The average molecular weight is 444 g/mol. The van der Waals surface area contributed by atoms with Crippen LogP contribution in [0.25, 0.3) is 10.8 Å². The third-order valence-corrected chi connectivity index (χ3v) is 6.23. The zero-order valence-electron chi connectivity index (χ0n) is 17.6. The Kier molecular flexibility index (Phi) is 4.94. The van der Waals surface area contributed by atoms with Gasteiger partial charge in [-0.2, -0.15) is 18.3 Å². The zero-order chi connectivity index (χ0) is 22.6. The summed E-state index contributed by atoms with van der Waals surface area (Å²) in [6.45, 7) is 4.81. The molecule has 6 rings (SSSR count). The van der Waals surface area contributed by atoms with E-state index in [4.69, 9.17) is 10.5 Å². The van der Waals surface area contributed by atoms with Gasteiger partial charge in [-0.05, 0) is 37.1 Å². The molecule has 1 aromatic carbocycles. The summed E-state index contributed by atoms with van der Waals surface area (Å²) in [5.74, 6) is 1.20. The second kappa shape index (κ2) is 7.56. The number of pyridine rings is 1. The van der Waals surface area contributed by atoms with Gasteiger partial charge in [0.2, 0.25) is 0 Å². The van der Waals surface area contributed by atoms with Crippen LogP contribution in [0.15, 0.2) is 30.5 Å². The molecule has 3 atom stereocenters. The summed E-state index contributed by atoms with van der Waals surface area (Å²) in [5, 5.41) is 13.1. The normalized spacial score (nSPS) is 21.4. The molecule has 2 bridgehead atoms. The lowest BCUT2D eigenvalue weighted by Gasteiger charge is -2.47. The van der Waals surface area contributed by atoms with Crippen LogP contribution in [-0.2, 0) is 10.9 Å². The van der Waals surface area contributed by atoms with Crippen molar-refractivity contribution in [1.29, 1.82) is 0 Å². The maximum absolute atomic E-state index is 13.3. The van der Waals surface area contributed by atoms with Crippen LogP contribution in [0.4, 0.5) is 24.8 Å². The standard InChI is InChI=1S/C22H23F3N6O/c1-11-15(4-3-5-18(11)22(23,24)25)20(26)28-21-16-7-19(27-8-17(16)12(2)29-30-21)31-9-13-6-14(10-31)32-13/h3-5,7-8,13-14,20H,6,9-10,26H2,1-2H3,(H,28,30)/t13?,14?,20-/m0/s1. The van der Waals surface area contributed by atoms with Crippen LogP contribution in [0.5, 0.6) is 0 Å². The van der Waals surface area contributed by atoms with Gasteiger partial charge in [0.1, 0.15) is 12.0 Å². The molecule has 0 spiro atoms. The predicted molar refractivity (Wildman–Crippen MR) is 114 cm³/mol. The molecule has 3 aliphatic heterocycles. The van der Waals surface area contributed by atoms with Crippen molar-refractivity contribution in [3.05, 3.63) is 52.8 Å². The third kappa shape index (κ3) is 3.63. The van der Waals surface area contributed by atoms with E-state index in [-0.39, 0.29) is 17.8 Å². The number of hydrogen-bond donors (Lipinski definition) is 2. The van der Waals surface area contributed by atoms with E-state index < -0.39 is 17.9 Å². The first-order valence-corrected chi connectivity index (χ1v) is 10.4. The molecular formula is C22H23F3N6O. The van der Waals surface area contributed by atoms with E-state index in [2.05, 4.69) is 25.4 Å². The summed E-state index contributed by atoms with van der Waals surface area (Å²) in [6, 6.07) is 5.92. The Morgan fingerprint density at radius 3 is 2.56 bits per heavy atom. The number of aromatic nitrogens is 3. The zero-order valence-corrected chi connectivity index (χ0v) is 17.6. The highest BCUT2D eigenvalue weighted by atomic mass is 19.4. The van der Waals surface area contributed by atoms with Crippen LogP contribution in [-0.4, -0.2) is 40.5 Å². The number of fused-ring (bicyclic) bond motifs is 3. The number of nitrogens with one attached hydrogen (secondary N) is 1. The average Bonchev–Trinajstić information content (AvgIpc) is 2.74. The minimum atomic E-state index is -4.45. The number of alkyl halides is 3. The summed E-state index contributed by atoms with van der Waals surface area (Å²) in [7, 11) is 0. The topological polar surface area (TPSA) is 89.2 Å². The van der Waals surface area contributed by atoms with Gasteiger partial charge >= 0.3 is 6.18 Å². The first-order chi connectivity index (χ1) is 15.2. The Hall–Kier alpha value is -2.98. The lowest BCUT2D eigenvalue weighted by molar-refractivity contribution is -0.138. The highest BCUT2D eigenvalue weighted by Crippen LogP contribution is 2.36. The molecule has 7 nitrogen and oxygen atoms in total. The summed E-state index contributed by atoms with van der Waals surface area (Å²) >= 11 is 0. The second-order valence-electron chi connectivity index (χ2n) is 8.38. The fourth-order valence-corrected chi connectivity index (χ4v) is 4.51. The third-order valence-electron chi connectivity index (χ3n) is 6.23. The van der Waals surface area contributed by atoms with Crippen LogP contribution in [0.3, 0.4) is 0 Å². The van der Waals surface area contributed by atoms with Crippen molar-refractivity contribution >= 4 is 22.4 Å². The van der Waals surface area contributed by atoms with Crippen molar-refractivity contribution in [2.45, 2.75) is 44.8 Å². The Labute approximate surface area is 182 Å². The number of anilines is 2. The van der Waals surface area contributed by atoms with Crippen LogP contribution >= 0.6 is 0 Å². The first kappa shape index (κ1) is 20.9. The van der Waals surface area contributed by atoms with E-state index >= 15 is 0 Å². The maximum Gasteiger partial charge on any atom is 0.416 e. The van der Waals surface area contributed by atoms with E-state index in [9.17, 15) is 13.2 Å². The van der Waals surface area contributed by atoms with E-state index in [0.717, 1.165) is 42.2 Å².